The lowest BCUT2D eigenvalue weighted by atomic mass is 9.98. The number of hydrogen-bond donors (Lipinski definition) is 2. The van der Waals surface area contributed by atoms with Crippen molar-refractivity contribution >= 4 is 40.0 Å². The third kappa shape index (κ3) is 6.12. The third-order valence-corrected chi connectivity index (χ3v) is 6.31. The molecule has 2 rings (SSSR count). The first-order valence-electron chi connectivity index (χ1n) is 8.27. The Morgan fingerprint density at radius 3 is 2.20 bits per heavy atom. The van der Waals surface area contributed by atoms with Crippen LogP contribution in [0, 0.1) is 5.92 Å². The highest BCUT2D eigenvalue weighted by Crippen LogP contribution is 2.30. The fourth-order valence-corrected chi connectivity index (χ4v) is 4.18. The molecule has 0 spiro atoms. The first kappa shape index (κ1) is 22.7. The van der Waals surface area contributed by atoms with Crippen LogP contribution in [0.25, 0.3) is 0 Å². The van der Waals surface area contributed by atoms with E-state index in [1.807, 2.05) is 0 Å². The molecule has 1 heterocycles. The average molecular weight is 498 g/mol. The first-order chi connectivity index (χ1) is 11.2. The van der Waals surface area contributed by atoms with Crippen LogP contribution in [-0.2, 0) is 10.0 Å². The predicted molar refractivity (Wildman–Crippen MR) is 101 cm³/mol. The molecule has 1 saturated carbocycles. The Morgan fingerprint density at radius 1 is 1.16 bits per heavy atom. The van der Waals surface area contributed by atoms with Crippen molar-refractivity contribution in [3.8, 4) is 0 Å². The SMILES string of the molecule is CN=C(NCC1CCN(S(=O)(=O)C(F)(F)F)CC1)NC1CCCC1.I. The van der Waals surface area contributed by atoms with E-state index in [0.717, 1.165) is 12.8 Å². The van der Waals surface area contributed by atoms with Gasteiger partial charge in [-0.25, -0.2) is 8.42 Å². The van der Waals surface area contributed by atoms with Crippen molar-refractivity contribution in [3.63, 3.8) is 0 Å². The van der Waals surface area contributed by atoms with Crippen molar-refractivity contribution in [1.82, 2.24) is 14.9 Å². The highest BCUT2D eigenvalue weighted by molar-refractivity contribution is 14.0. The Hall–Kier alpha value is -0.300. The second-order valence-corrected chi connectivity index (χ2v) is 8.30. The van der Waals surface area contributed by atoms with Gasteiger partial charge in [-0.1, -0.05) is 12.8 Å². The summed E-state index contributed by atoms with van der Waals surface area (Å²) in [5.41, 5.74) is -5.22. The number of nitrogens with one attached hydrogen (secondary N) is 2. The van der Waals surface area contributed by atoms with E-state index in [4.69, 9.17) is 0 Å². The third-order valence-electron chi connectivity index (χ3n) is 4.68. The zero-order valence-corrected chi connectivity index (χ0v) is 17.3. The normalized spacial score (nSPS) is 21.8. The summed E-state index contributed by atoms with van der Waals surface area (Å²) in [6.07, 6.45) is 5.47. The molecule has 11 heteroatoms. The van der Waals surface area contributed by atoms with Crippen molar-refractivity contribution < 1.29 is 21.6 Å². The summed E-state index contributed by atoms with van der Waals surface area (Å²) < 4.78 is 60.9. The number of rotatable bonds is 4. The van der Waals surface area contributed by atoms with E-state index in [1.54, 1.807) is 7.05 Å². The zero-order valence-electron chi connectivity index (χ0n) is 14.2. The van der Waals surface area contributed by atoms with Crippen LogP contribution >= 0.6 is 24.0 Å². The van der Waals surface area contributed by atoms with Crippen molar-refractivity contribution in [1.29, 1.82) is 0 Å². The van der Waals surface area contributed by atoms with Gasteiger partial charge in [0.2, 0.25) is 0 Å². The zero-order chi connectivity index (χ0) is 17.8. The van der Waals surface area contributed by atoms with Gasteiger partial charge in [-0.2, -0.15) is 17.5 Å². The van der Waals surface area contributed by atoms with E-state index in [9.17, 15) is 21.6 Å². The predicted octanol–water partition coefficient (Wildman–Crippen LogP) is 2.27. The van der Waals surface area contributed by atoms with Crippen LogP contribution in [0.2, 0.25) is 0 Å². The smallest absolute Gasteiger partial charge is 0.356 e. The van der Waals surface area contributed by atoms with E-state index < -0.39 is 15.5 Å². The Labute approximate surface area is 164 Å². The number of aliphatic imine (C=N–C) groups is 1. The lowest BCUT2D eigenvalue weighted by molar-refractivity contribution is -0.0496. The lowest BCUT2D eigenvalue weighted by Crippen LogP contribution is -2.48. The number of nitrogens with zero attached hydrogens (tertiary/aromatic N) is 2. The van der Waals surface area contributed by atoms with Gasteiger partial charge in [-0.15, -0.1) is 24.0 Å². The number of guanidine groups is 1. The van der Waals surface area contributed by atoms with Crippen LogP contribution in [-0.4, -0.2) is 56.9 Å². The van der Waals surface area contributed by atoms with Crippen LogP contribution < -0.4 is 10.6 Å². The molecule has 0 aromatic carbocycles. The van der Waals surface area contributed by atoms with Crippen LogP contribution in [0.1, 0.15) is 38.5 Å². The fraction of sp³-hybridized carbons (Fsp3) is 0.929. The molecule has 2 fully saturated rings. The molecule has 2 N–H and O–H groups in total. The molecular formula is C14H26F3IN4O2S. The molecule has 148 valence electrons. The molecule has 6 nitrogen and oxygen atoms in total. The average Bonchev–Trinajstić information content (AvgIpc) is 3.03. The second kappa shape index (κ2) is 9.58. The molecule has 0 radical (unpaired) electrons. The molecule has 1 saturated heterocycles. The molecule has 2 aliphatic rings. The minimum Gasteiger partial charge on any atom is -0.356 e. The van der Waals surface area contributed by atoms with E-state index in [1.165, 1.54) is 12.8 Å². The quantitative estimate of drug-likeness (QED) is 0.355. The number of piperidine rings is 1. The minimum absolute atomic E-state index is 0. The topological polar surface area (TPSA) is 73.8 Å². The van der Waals surface area contributed by atoms with Gasteiger partial charge >= 0.3 is 15.5 Å². The van der Waals surface area contributed by atoms with Crippen molar-refractivity contribution in [2.75, 3.05) is 26.7 Å². The Bertz CT molecular complexity index is 543. The van der Waals surface area contributed by atoms with Crippen molar-refractivity contribution in [2.24, 2.45) is 10.9 Å². The summed E-state index contributed by atoms with van der Waals surface area (Å²) in [7, 11) is -3.51. The minimum atomic E-state index is -5.22. The van der Waals surface area contributed by atoms with Gasteiger partial charge < -0.3 is 10.6 Å². The number of alkyl halides is 3. The van der Waals surface area contributed by atoms with Crippen LogP contribution in [0.3, 0.4) is 0 Å². The highest BCUT2D eigenvalue weighted by atomic mass is 127. The summed E-state index contributed by atoms with van der Waals surface area (Å²) >= 11 is 0. The fourth-order valence-electron chi connectivity index (χ4n) is 3.20. The summed E-state index contributed by atoms with van der Waals surface area (Å²) in [6.45, 7) is 0.387. The molecular weight excluding hydrogens is 472 g/mol. The molecule has 0 bridgehead atoms. The maximum atomic E-state index is 12.5. The second-order valence-electron chi connectivity index (χ2n) is 6.37. The van der Waals surface area contributed by atoms with Crippen molar-refractivity contribution in [3.05, 3.63) is 0 Å². The molecule has 25 heavy (non-hydrogen) atoms. The lowest BCUT2D eigenvalue weighted by Gasteiger charge is -2.32. The molecule has 0 atom stereocenters. The largest absolute Gasteiger partial charge is 0.511 e. The van der Waals surface area contributed by atoms with Crippen LogP contribution in [0.4, 0.5) is 13.2 Å². The van der Waals surface area contributed by atoms with Gasteiger partial charge in [0, 0.05) is 32.7 Å². The number of halogens is 4. The summed E-state index contributed by atoms with van der Waals surface area (Å²) in [5.74, 6) is 0.832. The molecule has 0 aromatic heterocycles. The summed E-state index contributed by atoms with van der Waals surface area (Å²) in [6, 6.07) is 0.426. The van der Waals surface area contributed by atoms with E-state index >= 15 is 0 Å². The molecule has 0 unspecified atom stereocenters. The van der Waals surface area contributed by atoms with Crippen LogP contribution in [0.5, 0.6) is 0 Å². The standard InChI is InChI=1S/C14H25F3N4O2S.HI/c1-18-13(20-12-4-2-3-5-12)19-10-11-6-8-21(9-7-11)24(22,23)14(15,16)17;/h11-12H,2-10H2,1H3,(H2,18,19,20);1H. The van der Waals surface area contributed by atoms with Gasteiger partial charge in [0.15, 0.2) is 5.96 Å². The van der Waals surface area contributed by atoms with Crippen molar-refractivity contribution in [2.45, 2.75) is 50.1 Å². The van der Waals surface area contributed by atoms with E-state index in [2.05, 4.69) is 15.6 Å². The molecule has 1 aliphatic carbocycles. The molecule has 0 amide bonds. The molecule has 1 aliphatic heterocycles. The number of sulfonamides is 1. The maximum Gasteiger partial charge on any atom is 0.511 e. The Morgan fingerprint density at radius 2 is 1.72 bits per heavy atom. The van der Waals surface area contributed by atoms with Gasteiger partial charge in [0.1, 0.15) is 0 Å². The van der Waals surface area contributed by atoms with Gasteiger partial charge in [0.05, 0.1) is 0 Å². The highest BCUT2D eigenvalue weighted by Gasteiger charge is 2.50. The summed E-state index contributed by atoms with van der Waals surface area (Å²) in [4.78, 5) is 4.16. The first-order valence-corrected chi connectivity index (χ1v) is 9.71. The maximum absolute atomic E-state index is 12.5. The Kier molecular flexibility index (Phi) is 8.72. The number of hydrogen-bond acceptors (Lipinski definition) is 3. The van der Waals surface area contributed by atoms with Gasteiger partial charge in [0.25, 0.3) is 0 Å². The van der Waals surface area contributed by atoms with E-state index in [-0.39, 0.29) is 43.0 Å². The monoisotopic (exact) mass is 498 g/mol. The summed E-state index contributed by atoms with van der Waals surface area (Å²) in [5, 5.41) is 6.54. The van der Waals surface area contributed by atoms with Gasteiger partial charge in [-0.05, 0) is 31.6 Å². The van der Waals surface area contributed by atoms with E-state index in [0.29, 0.717) is 35.7 Å². The molecule has 0 aromatic rings. The Balaban J connectivity index is 0.00000312. The van der Waals surface area contributed by atoms with Crippen LogP contribution in [0.15, 0.2) is 4.99 Å². The van der Waals surface area contributed by atoms with Gasteiger partial charge in [-0.3, -0.25) is 4.99 Å².